The first-order valence-corrected chi connectivity index (χ1v) is 7.83. The lowest BCUT2D eigenvalue weighted by Gasteiger charge is -2.05. The van der Waals surface area contributed by atoms with E-state index in [1.165, 1.54) is 64.1 Å². The molecule has 1 aromatic rings. The van der Waals surface area contributed by atoms with Crippen LogP contribution in [0.2, 0.25) is 0 Å². The highest BCUT2D eigenvalue weighted by Crippen LogP contribution is 2.34. The van der Waals surface area contributed by atoms with E-state index in [0.29, 0.717) is 0 Å². The second-order valence-corrected chi connectivity index (χ2v) is 5.63. The Morgan fingerprint density at radius 3 is 2.21 bits per heavy atom. The highest BCUT2D eigenvalue weighted by atomic mass is 16.5. The Hall–Kier alpha value is -1.12. The minimum absolute atomic E-state index is 0.780. The topological polar surface area (TPSA) is 35.0 Å². The van der Waals surface area contributed by atoms with E-state index in [9.17, 15) is 0 Å². The molecule has 1 fully saturated rings. The molecule has 106 valence electrons. The third-order valence-electron chi connectivity index (χ3n) is 3.76. The van der Waals surface area contributed by atoms with Crippen molar-refractivity contribution in [1.29, 1.82) is 0 Å². The molecular formula is C16H26N2O. The molecule has 0 atom stereocenters. The fraction of sp³-hybridized carbons (Fsp3) is 0.750. The minimum Gasteiger partial charge on any atom is -0.490 e. The quantitative estimate of drug-likeness (QED) is 0.555. The SMILES string of the molecule is c1ncc(OCCCCCCCCCC2CC2)cn1. The Kier molecular flexibility index (Phi) is 6.69. The summed E-state index contributed by atoms with van der Waals surface area (Å²) in [7, 11) is 0. The Balaban J connectivity index is 1.32. The lowest BCUT2D eigenvalue weighted by Crippen LogP contribution is -1.97. The highest BCUT2D eigenvalue weighted by molar-refractivity contribution is 5.09. The molecule has 1 aliphatic carbocycles. The van der Waals surface area contributed by atoms with Crippen molar-refractivity contribution in [3.05, 3.63) is 18.7 Å². The molecule has 1 heterocycles. The van der Waals surface area contributed by atoms with Gasteiger partial charge < -0.3 is 4.74 Å². The minimum atomic E-state index is 0.780. The molecule has 0 aromatic carbocycles. The van der Waals surface area contributed by atoms with E-state index >= 15 is 0 Å². The van der Waals surface area contributed by atoms with Gasteiger partial charge in [0.2, 0.25) is 0 Å². The van der Waals surface area contributed by atoms with Crippen LogP contribution in [0.15, 0.2) is 18.7 Å². The molecule has 2 rings (SSSR count). The number of rotatable bonds is 11. The fourth-order valence-corrected chi connectivity index (χ4v) is 2.38. The van der Waals surface area contributed by atoms with Crippen molar-refractivity contribution in [3.8, 4) is 5.75 Å². The van der Waals surface area contributed by atoms with Crippen LogP contribution in [0.25, 0.3) is 0 Å². The number of nitrogens with zero attached hydrogens (tertiary/aromatic N) is 2. The van der Waals surface area contributed by atoms with E-state index < -0.39 is 0 Å². The van der Waals surface area contributed by atoms with Crippen LogP contribution in [-0.4, -0.2) is 16.6 Å². The number of ether oxygens (including phenoxy) is 1. The van der Waals surface area contributed by atoms with Gasteiger partial charge in [0.25, 0.3) is 0 Å². The fourth-order valence-electron chi connectivity index (χ4n) is 2.38. The van der Waals surface area contributed by atoms with Crippen LogP contribution in [0.1, 0.15) is 64.2 Å². The molecule has 1 aliphatic rings. The van der Waals surface area contributed by atoms with Gasteiger partial charge in [-0.05, 0) is 12.3 Å². The van der Waals surface area contributed by atoms with E-state index in [4.69, 9.17) is 4.74 Å². The maximum atomic E-state index is 5.56. The van der Waals surface area contributed by atoms with Crippen molar-refractivity contribution in [1.82, 2.24) is 9.97 Å². The van der Waals surface area contributed by atoms with Crippen molar-refractivity contribution in [2.75, 3.05) is 6.61 Å². The number of hydrogen-bond donors (Lipinski definition) is 0. The van der Waals surface area contributed by atoms with Crippen molar-refractivity contribution < 1.29 is 4.74 Å². The first-order chi connectivity index (χ1) is 9.45. The summed E-state index contributed by atoms with van der Waals surface area (Å²) >= 11 is 0. The molecule has 0 saturated heterocycles. The zero-order chi connectivity index (χ0) is 13.2. The molecule has 19 heavy (non-hydrogen) atoms. The van der Waals surface area contributed by atoms with Gasteiger partial charge in [0, 0.05) is 0 Å². The Labute approximate surface area is 116 Å². The van der Waals surface area contributed by atoms with Crippen molar-refractivity contribution in [3.63, 3.8) is 0 Å². The van der Waals surface area contributed by atoms with Crippen molar-refractivity contribution in [2.45, 2.75) is 64.2 Å². The van der Waals surface area contributed by atoms with Crippen LogP contribution >= 0.6 is 0 Å². The van der Waals surface area contributed by atoms with Crippen LogP contribution in [0.3, 0.4) is 0 Å². The Morgan fingerprint density at radius 1 is 0.895 bits per heavy atom. The third-order valence-corrected chi connectivity index (χ3v) is 3.76. The summed E-state index contributed by atoms with van der Waals surface area (Å²) in [4.78, 5) is 7.84. The van der Waals surface area contributed by atoms with E-state index in [2.05, 4.69) is 9.97 Å². The van der Waals surface area contributed by atoms with Crippen LogP contribution in [-0.2, 0) is 0 Å². The molecule has 0 unspecified atom stereocenters. The molecule has 3 nitrogen and oxygen atoms in total. The maximum absolute atomic E-state index is 5.56. The number of aromatic nitrogens is 2. The summed E-state index contributed by atoms with van der Waals surface area (Å²) in [6, 6.07) is 0. The zero-order valence-electron chi connectivity index (χ0n) is 11.9. The summed E-state index contributed by atoms with van der Waals surface area (Å²) in [6.07, 6.45) is 18.9. The van der Waals surface area contributed by atoms with Gasteiger partial charge >= 0.3 is 0 Å². The summed E-state index contributed by atoms with van der Waals surface area (Å²) in [5.41, 5.74) is 0. The van der Waals surface area contributed by atoms with Gasteiger partial charge in [-0.15, -0.1) is 0 Å². The van der Waals surface area contributed by atoms with Crippen molar-refractivity contribution >= 4 is 0 Å². The van der Waals surface area contributed by atoms with E-state index in [1.807, 2.05) is 0 Å². The largest absolute Gasteiger partial charge is 0.490 e. The van der Waals surface area contributed by atoms with Crippen molar-refractivity contribution in [2.24, 2.45) is 5.92 Å². The molecule has 0 spiro atoms. The standard InChI is InChI=1S/C16H26N2O/c1(2-4-6-8-15-9-10-15)3-5-7-11-19-16-12-17-14-18-13-16/h12-15H,1-11H2. The smallest absolute Gasteiger partial charge is 0.155 e. The van der Waals surface area contributed by atoms with Gasteiger partial charge in [0.1, 0.15) is 6.33 Å². The predicted octanol–water partition coefficient (Wildman–Crippen LogP) is 4.39. The molecule has 3 heteroatoms. The molecule has 0 aliphatic heterocycles. The van der Waals surface area contributed by atoms with Gasteiger partial charge in [-0.25, -0.2) is 9.97 Å². The van der Waals surface area contributed by atoms with Gasteiger partial charge in [0.15, 0.2) is 5.75 Å². The van der Waals surface area contributed by atoms with E-state index in [1.54, 1.807) is 12.4 Å². The van der Waals surface area contributed by atoms with Crippen LogP contribution in [0.4, 0.5) is 0 Å². The zero-order valence-corrected chi connectivity index (χ0v) is 11.9. The second-order valence-electron chi connectivity index (χ2n) is 5.63. The predicted molar refractivity (Wildman–Crippen MR) is 77.2 cm³/mol. The maximum Gasteiger partial charge on any atom is 0.155 e. The third kappa shape index (κ3) is 7.14. The van der Waals surface area contributed by atoms with Crippen LogP contribution in [0.5, 0.6) is 5.75 Å². The van der Waals surface area contributed by atoms with Gasteiger partial charge in [-0.1, -0.05) is 57.8 Å². The molecule has 0 bridgehead atoms. The van der Waals surface area contributed by atoms with Gasteiger partial charge in [0.05, 0.1) is 19.0 Å². The highest BCUT2D eigenvalue weighted by Gasteiger charge is 2.19. The Morgan fingerprint density at radius 2 is 1.53 bits per heavy atom. The second kappa shape index (κ2) is 8.89. The van der Waals surface area contributed by atoms with Gasteiger partial charge in [-0.2, -0.15) is 0 Å². The monoisotopic (exact) mass is 262 g/mol. The molecule has 0 amide bonds. The van der Waals surface area contributed by atoms with Gasteiger partial charge in [-0.3, -0.25) is 0 Å². The normalized spacial score (nSPS) is 14.5. The van der Waals surface area contributed by atoms with E-state index in [-0.39, 0.29) is 0 Å². The summed E-state index contributed by atoms with van der Waals surface area (Å²) < 4.78 is 5.56. The summed E-state index contributed by atoms with van der Waals surface area (Å²) in [5.74, 6) is 1.89. The van der Waals surface area contributed by atoms with Crippen LogP contribution < -0.4 is 4.74 Å². The lowest BCUT2D eigenvalue weighted by atomic mass is 10.1. The molecular weight excluding hydrogens is 236 g/mol. The lowest BCUT2D eigenvalue weighted by molar-refractivity contribution is 0.302. The average molecular weight is 262 g/mol. The first kappa shape index (κ1) is 14.3. The first-order valence-electron chi connectivity index (χ1n) is 7.83. The Bertz CT molecular complexity index is 325. The summed E-state index contributed by atoms with van der Waals surface area (Å²) in [5, 5.41) is 0. The molecule has 1 saturated carbocycles. The summed E-state index contributed by atoms with van der Waals surface area (Å²) in [6.45, 7) is 0.787. The molecule has 1 aromatic heterocycles. The molecule has 0 radical (unpaired) electrons. The average Bonchev–Trinajstić information content (AvgIpc) is 3.26. The number of unbranched alkanes of at least 4 members (excludes halogenated alkanes) is 6. The van der Waals surface area contributed by atoms with E-state index in [0.717, 1.165) is 24.7 Å². The molecule has 0 N–H and O–H groups in total. The van der Waals surface area contributed by atoms with Crippen LogP contribution in [0, 0.1) is 5.92 Å². The number of hydrogen-bond acceptors (Lipinski definition) is 3.